The number of likely N-dealkylation sites (tertiary alicyclic amines) is 1. The Balaban J connectivity index is 1.59. The lowest BCUT2D eigenvalue weighted by molar-refractivity contribution is -0.228. The minimum absolute atomic E-state index is 0.0223. The van der Waals surface area contributed by atoms with E-state index in [1.54, 1.807) is 0 Å². The van der Waals surface area contributed by atoms with Crippen LogP contribution in [0.5, 0.6) is 0 Å². The largest absolute Gasteiger partial charge is 0.462 e. The number of esters is 1. The van der Waals surface area contributed by atoms with Gasteiger partial charge in [0.1, 0.15) is 6.10 Å². The fraction of sp³-hybridized carbons (Fsp3) is 0.875. The van der Waals surface area contributed by atoms with Crippen molar-refractivity contribution >= 4 is 5.97 Å². The molecule has 0 amide bonds. The lowest BCUT2D eigenvalue weighted by atomic mass is 9.43. The van der Waals surface area contributed by atoms with Gasteiger partial charge in [-0.2, -0.15) is 0 Å². The minimum atomic E-state index is -0.537. The molecule has 2 spiro atoms. The second-order valence-corrected chi connectivity index (χ2v) is 11.4. The van der Waals surface area contributed by atoms with E-state index in [9.17, 15) is 15.0 Å². The maximum atomic E-state index is 12.2. The molecule has 160 valence electrons. The molecule has 5 saturated carbocycles. The summed E-state index contributed by atoms with van der Waals surface area (Å²) in [5.41, 5.74) is 0.734. The van der Waals surface area contributed by atoms with Gasteiger partial charge in [0.25, 0.3) is 0 Å². The smallest absolute Gasteiger partial charge is 0.302 e. The number of aliphatic hydroxyl groups is 2. The monoisotopic (exact) mass is 401 g/mol. The van der Waals surface area contributed by atoms with Gasteiger partial charge in [0.2, 0.25) is 0 Å². The molecular weight excluding hydrogens is 366 g/mol. The van der Waals surface area contributed by atoms with Crippen molar-refractivity contribution in [3.63, 3.8) is 0 Å². The molecule has 6 rings (SSSR count). The van der Waals surface area contributed by atoms with Crippen LogP contribution in [0, 0.1) is 39.9 Å². The van der Waals surface area contributed by atoms with Gasteiger partial charge < -0.3 is 14.9 Å². The zero-order chi connectivity index (χ0) is 20.5. The van der Waals surface area contributed by atoms with E-state index in [2.05, 4.69) is 25.3 Å². The van der Waals surface area contributed by atoms with Gasteiger partial charge in [0.05, 0.1) is 12.2 Å². The molecule has 5 nitrogen and oxygen atoms in total. The molecule has 0 aromatic rings. The van der Waals surface area contributed by atoms with E-state index in [1.165, 1.54) is 6.92 Å². The van der Waals surface area contributed by atoms with Crippen LogP contribution < -0.4 is 0 Å². The number of hydrogen-bond acceptors (Lipinski definition) is 5. The van der Waals surface area contributed by atoms with Gasteiger partial charge in [-0.25, -0.2) is 0 Å². The van der Waals surface area contributed by atoms with E-state index in [0.29, 0.717) is 17.9 Å². The third kappa shape index (κ3) is 1.81. The Hall–Kier alpha value is -0.910. The molecule has 6 aliphatic rings. The number of hydrogen-bond donors (Lipinski definition) is 2. The number of carbonyl (C=O) groups excluding carboxylic acids is 1. The molecule has 0 radical (unpaired) electrons. The molecule has 1 aliphatic heterocycles. The summed E-state index contributed by atoms with van der Waals surface area (Å²) in [4.78, 5) is 14.8. The van der Waals surface area contributed by atoms with Crippen molar-refractivity contribution in [2.24, 2.45) is 39.9 Å². The number of fused-ring (bicyclic) bond motifs is 1. The average molecular weight is 402 g/mol. The molecule has 2 N–H and O–H groups in total. The number of ether oxygens (including phenoxy) is 1. The van der Waals surface area contributed by atoms with Crippen LogP contribution in [0.2, 0.25) is 0 Å². The fourth-order valence-electron chi connectivity index (χ4n) is 10.3. The zero-order valence-corrected chi connectivity index (χ0v) is 17.9. The van der Waals surface area contributed by atoms with Gasteiger partial charge >= 0.3 is 5.97 Å². The zero-order valence-electron chi connectivity index (χ0n) is 17.9. The molecule has 29 heavy (non-hydrogen) atoms. The predicted octanol–water partition coefficient (Wildman–Crippen LogP) is 2.36. The third-order valence-electron chi connectivity index (χ3n) is 10.8. The first-order valence-electron chi connectivity index (χ1n) is 11.7. The van der Waals surface area contributed by atoms with Gasteiger partial charge in [0, 0.05) is 36.3 Å². The molecule has 6 fully saturated rings. The summed E-state index contributed by atoms with van der Waals surface area (Å²) < 4.78 is 6.11. The number of rotatable bonds is 2. The Morgan fingerprint density at radius 3 is 2.76 bits per heavy atom. The van der Waals surface area contributed by atoms with Crippen molar-refractivity contribution in [2.45, 2.75) is 77.2 Å². The standard InChI is InChI=1S/C24H35NO4/c1-5-25-11-22(4)7-6-19(29-13(3)26)24-17(22)8-15(20(24)25)23-10-14(12(2)21(23)28)16(27)9-18(23)24/h14-21,27-28H,2,5-11H2,1,3-4H3/t14-,15+,16+,17-,18+,19+,20-,21-,22+,23+,24+/m1/s1. The Bertz CT molecular complexity index is 798. The van der Waals surface area contributed by atoms with E-state index < -0.39 is 12.2 Å². The van der Waals surface area contributed by atoms with Crippen molar-refractivity contribution in [1.29, 1.82) is 0 Å². The van der Waals surface area contributed by atoms with E-state index in [1.807, 2.05) is 0 Å². The Labute approximate surface area is 173 Å². The second kappa shape index (κ2) is 5.46. The summed E-state index contributed by atoms with van der Waals surface area (Å²) in [6.45, 7) is 12.6. The van der Waals surface area contributed by atoms with Crippen LogP contribution in [0.1, 0.15) is 52.9 Å². The molecule has 1 saturated heterocycles. The van der Waals surface area contributed by atoms with Crippen LogP contribution in [-0.2, 0) is 9.53 Å². The van der Waals surface area contributed by atoms with Gasteiger partial charge in [0.15, 0.2) is 0 Å². The first kappa shape index (κ1) is 18.8. The van der Waals surface area contributed by atoms with E-state index in [4.69, 9.17) is 4.74 Å². The summed E-state index contributed by atoms with van der Waals surface area (Å²) in [5.74, 6) is 0.937. The van der Waals surface area contributed by atoms with Gasteiger partial charge in [-0.15, -0.1) is 0 Å². The molecule has 7 bridgehead atoms. The van der Waals surface area contributed by atoms with Gasteiger partial charge in [-0.1, -0.05) is 20.4 Å². The fourth-order valence-corrected chi connectivity index (χ4v) is 10.3. The lowest BCUT2D eigenvalue weighted by Crippen LogP contribution is -2.69. The minimum Gasteiger partial charge on any atom is -0.462 e. The highest BCUT2D eigenvalue weighted by molar-refractivity contribution is 5.66. The molecule has 0 unspecified atom stereocenters. The van der Waals surface area contributed by atoms with Crippen molar-refractivity contribution in [2.75, 3.05) is 13.1 Å². The molecule has 0 aromatic heterocycles. The molecule has 5 aliphatic carbocycles. The van der Waals surface area contributed by atoms with Gasteiger partial charge in [-0.05, 0) is 67.4 Å². The molecule has 1 heterocycles. The first-order valence-corrected chi connectivity index (χ1v) is 11.7. The van der Waals surface area contributed by atoms with Crippen LogP contribution >= 0.6 is 0 Å². The quantitative estimate of drug-likeness (QED) is 0.549. The maximum Gasteiger partial charge on any atom is 0.302 e. The third-order valence-corrected chi connectivity index (χ3v) is 10.8. The highest BCUT2D eigenvalue weighted by Crippen LogP contribution is 2.83. The molecular formula is C24H35NO4. The second-order valence-electron chi connectivity index (χ2n) is 11.4. The molecule has 0 aromatic carbocycles. The summed E-state index contributed by atoms with van der Waals surface area (Å²) in [6, 6.07) is 0.340. The van der Waals surface area contributed by atoms with E-state index in [0.717, 1.165) is 50.8 Å². The van der Waals surface area contributed by atoms with E-state index in [-0.39, 0.29) is 40.2 Å². The highest BCUT2D eigenvalue weighted by atomic mass is 16.5. The van der Waals surface area contributed by atoms with Crippen LogP contribution in [0.25, 0.3) is 0 Å². The van der Waals surface area contributed by atoms with Crippen molar-refractivity contribution in [3.05, 3.63) is 12.2 Å². The van der Waals surface area contributed by atoms with Crippen molar-refractivity contribution < 1.29 is 19.7 Å². The molecule has 11 atom stereocenters. The van der Waals surface area contributed by atoms with Crippen LogP contribution in [0.15, 0.2) is 12.2 Å². The number of piperidine rings is 1. The Morgan fingerprint density at radius 2 is 2.07 bits per heavy atom. The summed E-state index contributed by atoms with van der Waals surface area (Å²) in [7, 11) is 0. The normalized spacial score (nSPS) is 59.7. The molecule has 5 heteroatoms. The summed E-state index contributed by atoms with van der Waals surface area (Å²) in [6.07, 6.45) is 3.63. The Kier molecular flexibility index (Phi) is 3.55. The summed E-state index contributed by atoms with van der Waals surface area (Å²) >= 11 is 0. The average Bonchev–Trinajstić information content (AvgIpc) is 3.18. The van der Waals surface area contributed by atoms with Crippen LogP contribution in [0.4, 0.5) is 0 Å². The number of nitrogens with zero attached hydrogens (tertiary/aromatic N) is 1. The van der Waals surface area contributed by atoms with Gasteiger partial charge in [-0.3, -0.25) is 9.69 Å². The number of aliphatic hydroxyl groups excluding tert-OH is 2. The first-order chi connectivity index (χ1) is 13.7. The van der Waals surface area contributed by atoms with Crippen LogP contribution in [-0.4, -0.2) is 58.5 Å². The lowest BCUT2D eigenvalue weighted by Gasteiger charge is -2.65. The predicted molar refractivity (Wildman–Crippen MR) is 108 cm³/mol. The SMILES string of the molecule is C=C1[C@H]2C[C@]3([C@@H]1O)[C@H]1C[C@@H]4[C@@]5(C)CC[C@H](OC(C)=O)[C@@]4([C@@H]1N(CC)C5)[C@H]3C[C@@H]2O. The Morgan fingerprint density at radius 1 is 1.31 bits per heavy atom. The van der Waals surface area contributed by atoms with Crippen molar-refractivity contribution in [3.8, 4) is 0 Å². The van der Waals surface area contributed by atoms with Crippen LogP contribution in [0.3, 0.4) is 0 Å². The number of carbonyl (C=O) groups is 1. The highest BCUT2D eigenvalue weighted by Gasteiger charge is 2.85. The van der Waals surface area contributed by atoms with Crippen molar-refractivity contribution in [1.82, 2.24) is 4.90 Å². The topological polar surface area (TPSA) is 70.0 Å². The maximum absolute atomic E-state index is 12.2. The summed E-state index contributed by atoms with van der Waals surface area (Å²) in [5, 5.41) is 22.6. The van der Waals surface area contributed by atoms with E-state index >= 15 is 0 Å².